The average molecular weight is 310 g/mol. The van der Waals surface area contributed by atoms with Gasteiger partial charge in [-0.05, 0) is 24.4 Å². The largest absolute Gasteiger partial charge is 0.367 e. The van der Waals surface area contributed by atoms with Crippen LogP contribution in [0.3, 0.4) is 0 Å². The van der Waals surface area contributed by atoms with Crippen molar-refractivity contribution in [3.05, 3.63) is 34.1 Å². The molecule has 0 spiro atoms. The van der Waals surface area contributed by atoms with Gasteiger partial charge in [0.2, 0.25) is 5.95 Å². The van der Waals surface area contributed by atoms with Crippen LogP contribution in [-0.4, -0.2) is 40.9 Å². The van der Waals surface area contributed by atoms with Crippen molar-refractivity contribution in [1.82, 2.24) is 14.8 Å². The van der Waals surface area contributed by atoms with Crippen LogP contribution in [0.5, 0.6) is 0 Å². The van der Waals surface area contributed by atoms with E-state index >= 15 is 0 Å². The van der Waals surface area contributed by atoms with E-state index in [0.717, 1.165) is 42.8 Å². The van der Waals surface area contributed by atoms with Gasteiger partial charge in [-0.1, -0.05) is 23.7 Å². The smallest absolute Gasteiger partial charge is 0.225 e. The molecule has 1 aromatic heterocycles. The molecule has 106 valence electrons. The summed E-state index contributed by atoms with van der Waals surface area (Å²) in [6.07, 6.45) is 0. The highest BCUT2D eigenvalue weighted by atomic mass is 35.5. The zero-order chi connectivity index (χ0) is 14.1. The normalized spacial score (nSPS) is 15.7. The topological polar surface area (TPSA) is 40.1 Å². The zero-order valence-corrected chi connectivity index (χ0v) is 12.8. The predicted molar refractivity (Wildman–Crippen MR) is 84.3 cm³/mol. The van der Waals surface area contributed by atoms with Crippen LogP contribution in [0.2, 0.25) is 5.02 Å². The summed E-state index contributed by atoms with van der Waals surface area (Å²) in [7, 11) is 1.93. The zero-order valence-electron chi connectivity index (χ0n) is 11.2. The molecule has 7 heteroatoms. The van der Waals surface area contributed by atoms with Crippen molar-refractivity contribution in [3.8, 4) is 0 Å². The van der Waals surface area contributed by atoms with Crippen LogP contribution in [0.4, 0.5) is 11.6 Å². The third kappa shape index (κ3) is 2.41. The molecular formula is C13H16ClN5S. The van der Waals surface area contributed by atoms with Crippen molar-refractivity contribution in [2.24, 2.45) is 7.05 Å². The number of benzene rings is 1. The monoisotopic (exact) mass is 309 g/mol. The number of nitrogens with one attached hydrogen (secondary N) is 1. The highest BCUT2D eigenvalue weighted by Gasteiger charge is 2.21. The Kier molecular flexibility index (Phi) is 3.67. The minimum Gasteiger partial charge on any atom is -0.367 e. The van der Waals surface area contributed by atoms with Gasteiger partial charge in [0.05, 0.1) is 10.7 Å². The minimum atomic E-state index is 0.647. The number of H-pyrrole nitrogens is 1. The summed E-state index contributed by atoms with van der Waals surface area (Å²) < 4.78 is 2.55. The molecular weight excluding hydrogens is 294 g/mol. The van der Waals surface area contributed by atoms with Gasteiger partial charge in [-0.2, -0.15) is 0 Å². The van der Waals surface area contributed by atoms with Gasteiger partial charge >= 0.3 is 0 Å². The van der Waals surface area contributed by atoms with Crippen molar-refractivity contribution in [1.29, 1.82) is 0 Å². The second-order valence-electron chi connectivity index (χ2n) is 4.81. The molecule has 0 atom stereocenters. The fourth-order valence-electron chi connectivity index (χ4n) is 2.48. The van der Waals surface area contributed by atoms with Crippen LogP contribution in [-0.2, 0) is 7.05 Å². The lowest BCUT2D eigenvalue weighted by atomic mass is 10.2. The molecule has 1 N–H and O–H groups in total. The average Bonchev–Trinajstić information content (AvgIpc) is 2.80. The summed E-state index contributed by atoms with van der Waals surface area (Å²) in [5.41, 5.74) is 1.10. The summed E-state index contributed by atoms with van der Waals surface area (Å²) in [4.78, 5) is 4.54. The number of rotatable bonds is 2. The van der Waals surface area contributed by atoms with E-state index in [0.29, 0.717) is 4.77 Å². The molecule has 5 nitrogen and oxygen atoms in total. The number of nitrogens with zero attached hydrogens (tertiary/aromatic N) is 4. The molecule has 1 fully saturated rings. The highest BCUT2D eigenvalue weighted by molar-refractivity contribution is 7.71. The second-order valence-corrected chi connectivity index (χ2v) is 5.61. The SMILES string of the molecule is Cn1c(N2CCN(c3ccccc3Cl)CC2)n[nH]c1=S. The quantitative estimate of drug-likeness (QED) is 0.865. The first-order valence-corrected chi connectivity index (χ1v) is 7.31. The molecule has 2 heterocycles. The Morgan fingerprint density at radius 2 is 1.80 bits per heavy atom. The fraction of sp³-hybridized carbons (Fsp3) is 0.385. The lowest BCUT2D eigenvalue weighted by Gasteiger charge is -2.36. The Balaban J connectivity index is 1.73. The molecule has 0 bridgehead atoms. The standard InChI is InChI=1S/C13H16ClN5S/c1-17-12(15-16-13(17)20)19-8-6-18(7-9-19)11-5-3-2-4-10(11)14/h2-5H,6-9H2,1H3,(H,16,20). The van der Waals surface area contributed by atoms with E-state index in [2.05, 4.69) is 26.1 Å². The van der Waals surface area contributed by atoms with Crippen molar-refractivity contribution in [3.63, 3.8) is 0 Å². The Hall–Kier alpha value is -1.53. The third-order valence-corrected chi connectivity index (χ3v) is 4.30. The Bertz CT molecular complexity index is 657. The maximum absolute atomic E-state index is 6.25. The molecule has 2 aromatic rings. The van der Waals surface area contributed by atoms with Gasteiger partial charge in [0.25, 0.3) is 0 Å². The van der Waals surface area contributed by atoms with Crippen LogP contribution >= 0.6 is 23.8 Å². The molecule has 1 aromatic carbocycles. The molecule has 0 aliphatic carbocycles. The van der Waals surface area contributed by atoms with Gasteiger partial charge < -0.3 is 9.80 Å². The van der Waals surface area contributed by atoms with Crippen LogP contribution < -0.4 is 9.80 Å². The van der Waals surface area contributed by atoms with E-state index in [1.807, 2.05) is 29.8 Å². The number of para-hydroxylation sites is 1. The van der Waals surface area contributed by atoms with Crippen LogP contribution in [0, 0.1) is 4.77 Å². The van der Waals surface area contributed by atoms with Gasteiger partial charge in [-0.15, -0.1) is 5.10 Å². The Labute approximate surface area is 127 Å². The number of aromatic amines is 1. The maximum atomic E-state index is 6.25. The van der Waals surface area contributed by atoms with E-state index in [-0.39, 0.29) is 0 Å². The van der Waals surface area contributed by atoms with Gasteiger partial charge in [0.15, 0.2) is 4.77 Å². The number of hydrogen-bond acceptors (Lipinski definition) is 4. The Morgan fingerprint density at radius 3 is 2.40 bits per heavy atom. The molecule has 0 saturated carbocycles. The van der Waals surface area contributed by atoms with E-state index in [1.54, 1.807) is 0 Å². The van der Waals surface area contributed by atoms with Crippen LogP contribution in [0.25, 0.3) is 0 Å². The lowest BCUT2D eigenvalue weighted by molar-refractivity contribution is 0.629. The minimum absolute atomic E-state index is 0.647. The van der Waals surface area contributed by atoms with Crippen LogP contribution in [0.15, 0.2) is 24.3 Å². The molecule has 1 saturated heterocycles. The van der Waals surface area contributed by atoms with Gasteiger partial charge in [0.1, 0.15) is 0 Å². The number of aromatic nitrogens is 3. The number of hydrogen-bond donors (Lipinski definition) is 1. The molecule has 1 aliphatic rings. The first-order valence-electron chi connectivity index (χ1n) is 6.52. The highest BCUT2D eigenvalue weighted by Crippen LogP contribution is 2.26. The molecule has 0 radical (unpaired) electrons. The summed E-state index contributed by atoms with van der Waals surface area (Å²) in [6.45, 7) is 3.64. The molecule has 0 amide bonds. The van der Waals surface area contributed by atoms with Gasteiger partial charge in [0, 0.05) is 33.2 Å². The first-order chi connectivity index (χ1) is 9.66. The van der Waals surface area contributed by atoms with E-state index in [9.17, 15) is 0 Å². The number of piperazine rings is 1. The number of halogens is 1. The predicted octanol–water partition coefficient (Wildman–Crippen LogP) is 2.46. The van der Waals surface area contributed by atoms with E-state index in [1.165, 1.54) is 0 Å². The lowest BCUT2D eigenvalue weighted by Crippen LogP contribution is -2.47. The summed E-state index contributed by atoms with van der Waals surface area (Å²) in [5.74, 6) is 0.897. The third-order valence-electron chi connectivity index (χ3n) is 3.61. The summed E-state index contributed by atoms with van der Waals surface area (Å²) in [6, 6.07) is 7.97. The van der Waals surface area contributed by atoms with Crippen LogP contribution in [0.1, 0.15) is 0 Å². The second kappa shape index (κ2) is 5.46. The van der Waals surface area contributed by atoms with E-state index < -0.39 is 0 Å². The van der Waals surface area contributed by atoms with Crippen molar-refractivity contribution >= 4 is 35.5 Å². The van der Waals surface area contributed by atoms with Gasteiger partial charge in [-0.25, -0.2) is 5.10 Å². The molecule has 3 rings (SSSR count). The van der Waals surface area contributed by atoms with Gasteiger partial charge in [-0.3, -0.25) is 4.57 Å². The van der Waals surface area contributed by atoms with Crippen molar-refractivity contribution in [2.75, 3.05) is 36.0 Å². The summed E-state index contributed by atoms with van der Waals surface area (Å²) >= 11 is 11.4. The van der Waals surface area contributed by atoms with E-state index in [4.69, 9.17) is 23.8 Å². The molecule has 20 heavy (non-hydrogen) atoms. The molecule has 1 aliphatic heterocycles. The summed E-state index contributed by atoms with van der Waals surface area (Å²) in [5, 5.41) is 7.91. The Morgan fingerprint density at radius 1 is 1.15 bits per heavy atom. The van der Waals surface area contributed by atoms with Crippen molar-refractivity contribution in [2.45, 2.75) is 0 Å². The maximum Gasteiger partial charge on any atom is 0.225 e. The number of anilines is 2. The van der Waals surface area contributed by atoms with Crippen molar-refractivity contribution < 1.29 is 0 Å². The first kappa shape index (κ1) is 13.5. The molecule has 0 unspecified atom stereocenters. The fourth-order valence-corrected chi connectivity index (χ4v) is 2.86.